The zero-order valence-corrected chi connectivity index (χ0v) is 15.1. The lowest BCUT2D eigenvalue weighted by Crippen LogP contribution is -2.08. The molecule has 0 aromatic heterocycles. The Bertz CT molecular complexity index is 546. The number of carboxylic acid groups (broad SMARTS) is 1. The SMILES string of the molecule is CCCCCCCCCCCCNc1ccc([N+](=O)[O-])cc1C(=O)O. The number of hydrogen-bond acceptors (Lipinski definition) is 4. The fourth-order valence-corrected chi connectivity index (χ4v) is 2.81. The number of unbranched alkanes of at least 4 members (excludes halogenated alkanes) is 9. The van der Waals surface area contributed by atoms with E-state index in [1.165, 1.54) is 63.5 Å². The van der Waals surface area contributed by atoms with Crippen LogP contribution in [0.5, 0.6) is 0 Å². The van der Waals surface area contributed by atoms with Gasteiger partial charge in [-0.1, -0.05) is 64.7 Å². The number of hydrogen-bond donors (Lipinski definition) is 2. The summed E-state index contributed by atoms with van der Waals surface area (Å²) in [5.74, 6) is -1.16. The van der Waals surface area contributed by atoms with E-state index in [4.69, 9.17) is 0 Å². The number of anilines is 1. The van der Waals surface area contributed by atoms with E-state index in [9.17, 15) is 20.0 Å². The van der Waals surface area contributed by atoms with Gasteiger partial charge in [0.05, 0.1) is 10.5 Å². The number of nitro benzene ring substituents is 1. The molecule has 0 aliphatic rings. The van der Waals surface area contributed by atoms with Crippen molar-refractivity contribution in [3.8, 4) is 0 Å². The zero-order valence-electron chi connectivity index (χ0n) is 15.1. The molecule has 140 valence electrons. The number of carbonyl (C=O) groups is 1. The first-order chi connectivity index (χ1) is 12.1. The highest BCUT2D eigenvalue weighted by molar-refractivity contribution is 5.95. The predicted molar refractivity (Wildman–Crippen MR) is 100 cm³/mol. The van der Waals surface area contributed by atoms with Crippen molar-refractivity contribution in [2.24, 2.45) is 0 Å². The molecule has 6 heteroatoms. The number of benzene rings is 1. The van der Waals surface area contributed by atoms with Crippen LogP contribution in [0, 0.1) is 10.1 Å². The molecule has 0 fully saturated rings. The van der Waals surface area contributed by atoms with Gasteiger partial charge in [-0.2, -0.15) is 0 Å². The minimum atomic E-state index is -1.16. The molecule has 0 aliphatic carbocycles. The minimum Gasteiger partial charge on any atom is -0.478 e. The highest BCUT2D eigenvalue weighted by Crippen LogP contribution is 2.22. The van der Waals surface area contributed by atoms with Gasteiger partial charge < -0.3 is 10.4 Å². The van der Waals surface area contributed by atoms with Crippen LogP contribution in [0.4, 0.5) is 11.4 Å². The summed E-state index contributed by atoms with van der Waals surface area (Å²) in [5.41, 5.74) is 0.178. The smallest absolute Gasteiger partial charge is 0.338 e. The lowest BCUT2D eigenvalue weighted by atomic mass is 10.1. The monoisotopic (exact) mass is 350 g/mol. The van der Waals surface area contributed by atoms with Crippen LogP contribution in [0.3, 0.4) is 0 Å². The molecule has 2 N–H and O–H groups in total. The number of carboxylic acids is 1. The Morgan fingerprint density at radius 1 is 1.04 bits per heavy atom. The number of rotatable bonds is 14. The molecule has 0 saturated heterocycles. The maximum atomic E-state index is 11.2. The van der Waals surface area contributed by atoms with Gasteiger partial charge in [0.2, 0.25) is 0 Å². The van der Waals surface area contributed by atoms with Gasteiger partial charge in [-0.3, -0.25) is 10.1 Å². The van der Waals surface area contributed by atoms with Crippen molar-refractivity contribution >= 4 is 17.3 Å². The lowest BCUT2D eigenvalue weighted by Gasteiger charge is -2.09. The van der Waals surface area contributed by atoms with Crippen LogP contribution < -0.4 is 5.32 Å². The molecule has 0 spiro atoms. The largest absolute Gasteiger partial charge is 0.478 e. The first-order valence-corrected chi connectivity index (χ1v) is 9.32. The van der Waals surface area contributed by atoms with Crippen molar-refractivity contribution in [1.29, 1.82) is 0 Å². The standard InChI is InChI=1S/C19H30N2O4/c1-2-3-4-5-6-7-8-9-10-11-14-20-18-13-12-16(21(24)25)15-17(18)19(22)23/h12-13,15,20H,2-11,14H2,1H3,(H,22,23). The third kappa shape index (κ3) is 8.52. The second-order valence-electron chi connectivity index (χ2n) is 6.40. The highest BCUT2D eigenvalue weighted by atomic mass is 16.6. The molecule has 0 atom stereocenters. The first kappa shape index (κ1) is 20.9. The quantitative estimate of drug-likeness (QED) is 0.258. The van der Waals surface area contributed by atoms with E-state index < -0.39 is 10.9 Å². The van der Waals surface area contributed by atoms with E-state index in [-0.39, 0.29) is 11.3 Å². The summed E-state index contributed by atoms with van der Waals surface area (Å²) < 4.78 is 0. The summed E-state index contributed by atoms with van der Waals surface area (Å²) in [6.07, 6.45) is 12.5. The third-order valence-corrected chi connectivity index (χ3v) is 4.29. The number of nitro groups is 1. The van der Waals surface area contributed by atoms with Gasteiger partial charge in [-0.15, -0.1) is 0 Å². The van der Waals surface area contributed by atoms with Gasteiger partial charge in [0.1, 0.15) is 0 Å². The molecule has 0 amide bonds. The van der Waals surface area contributed by atoms with Gasteiger partial charge in [0.15, 0.2) is 0 Å². The van der Waals surface area contributed by atoms with Crippen LogP contribution in [0.2, 0.25) is 0 Å². The number of nitrogens with one attached hydrogen (secondary N) is 1. The Morgan fingerprint density at radius 3 is 2.12 bits per heavy atom. The van der Waals surface area contributed by atoms with E-state index in [2.05, 4.69) is 12.2 Å². The van der Waals surface area contributed by atoms with E-state index in [0.29, 0.717) is 12.2 Å². The topological polar surface area (TPSA) is 92.5 Å². The summed E-state index contributed by atoms with van der Waals surface area (Å²) in [6.45, 7) is 2.90. The summed E-state index contributed by atoms with van der Waals surface area (Å²) in [4.78, 5) is 21.4. The average molecular weight is 350 g/mol. The Hall–Kier alpha value is -2.11. The minimum absolute atomic E-state index is 0.0544. The molecule has 0 radical (unpaired) electrons. The molecule has 6 nitrogen and oxygen atoms in total. The maximum absolute atomic E-state index is 11.2. The Morgan fingerprint density at radius 2 is 1.60 bits per heavy atom. The second-order valence-corrected chi connectivity index (χ2v) is 6.40. The predicted octanol–water partition coefficient (Wildman–Crippen LogP) is 5.63. The van der Waals surface area contributed by atoms with E-state index in [1.807, 2.05) is 0 Å². The highest BCUT2D eigenvalue weighted by Gasteiger charge is 2.15. The van der Waals surface area contributed by atoms with E-state index >= 15 is 0 Å². The van der Waals surface area contributed by atoms with Gasteiger partial charge in [-0.25, -0.2) is 4.79 Å². The lowest BCUT2D eigenvalue weighted by molar-refractivity contribution is -0.384. The molecule has 0 heterocycles. The van der Waals surface area contributed by atoms with Crippen molar-refractivity contribution in [3.63, 3.8) is 0 Å². The van der Waals surface area contributed by atoms with Crippen LogP contribution in [-0.2, 0) is 0 Å². The molecule has 1 aromatic rings. The fourth-order valence-electron chi connectivity index (χ4n) is 2.81. The summed E-state index contributed by atoms with van der Waals surface area (Å²) in [6, 6.07) is 3.90. The molecular weight excluding hydrogens is 320 g/mol. The van der Waals surface area contributed by atoms with Gasteiger partial charge in [-0.05, 0) is 12.5 Å². The van der Waals surface area contributed by atoms with Crippen LogP contribution >= 0.6 is 0 Å². The van der Waals surface area contributed by atoms with Gasteiger partial charge in [0.25, 0.3) is 5.69 Å². The molecule has 25 heavy (non-hydrogen) atoms. The number of nitrogens with zero attached hydrogens (tertiary/aromatic N) is 1. The van der Waals surface area contributed by atoms with Crippen LogP contribution in [0.15, 0.2) is 18.2 Å². The molecule has 0 unspecified atom stereocenters. The summed E-state index contributed by atoms with van der Waals surface area (Å²) in [5, 5.41) is 23.0. The van der Waals surface area contributed by atoms with Crippen molar-refractivity contribution in [3.05, 3.63) is 33.9 Å². The first-order valence-electron chi connectivity index (χ1n) is 9.32. The van der Waals surface area contributed by atoms with Crippen LogP contribution in [0.25, 0.3) is 0 Å². The van der Waals surface area contributed by atoms with Gasteiger partial charge >= 0.3 is 5.97 Å². The zero-order chi connectivity index (χ0) is 18.5. The summed E-state index contributed by atoms with van der Waals surface area (Å²) in [7, 11) is 0. The normalized spacial score (nSPS) is 10.6. The number of non-ortho nitro benzene ring substituents is 1. The van der Waals surface area contributed by atoms with Crippen molar-refractivity contribution in [2.45, 2.75) is 71.1 Å². The van der Waals surface area contributed by atoms with Crippen molar-refractivity contribution in [2.75, 3.05) is 11.9 Å². The van der Waals surface area contributed by atoms with Crippen molar-refractivity contribution < 1.29 is 14.8 Å². The van der Waals surface area contributed by atoms with Crippen LogP contribution in [-0.4, -0.2) is 22.5 Å². The molecule has 1 rings (SSSR count). The molecule has 1 aromatic carbocycles. The third-order valence-electron chi connectivity index (χ3n) is 4.29. The molecular formula is C19H30N2O4. The van der Waals surface area contributed by atoms with E-state index in [0.717, 1.165) is 18.9 Å². The van der Waals surface area contributed by atoms with Gasteiger partial charge in [0, 0.05) is 24.4 Å². The molecule has 0 bridgehead atoms. The Labute approximate surface area is 149 Å². The van der Waals surface area contributed by atoms with Crippen LogP contribution in [0.1, 0.15) is 81.5 Å². The maximum Gasteiger partial charge on any atom is 0.338 e. The Kier molecular flexibility index (Phi) is 10.3. The second kappa shape index (κ2) is 12.3. The number of aromatic carboxylic acids is 1. The van der Waals surface area contributed by atoms with Crippen molar-refractivity contribution in [1.82, 2.24) is 0 Å². The average Bonchev–Trinajstić information content (AvgIpc) is 2.59. The summed E-state index contributed by atoms with van der Waals surface area (Å²) >= 11 is 0. The molecule has 0 saturated carbocycles. The fraction of sp³-hybridized carbons (Fsp3) is 0.632. The van der Waals surface area contributed by atoms with E-state index in [1.54, 1.807) is 0 Å². The molecule has 0 aliphatic heterocycles. The Balaban J connectivity index is 2.21.